The van der Waals surface area contributed by atoms with Crippen LogP contribution in [0.2, 0.25) is 0 Å². The largest absolute Gasteiger partial charge is 0.497 e. The van der Waals surface area contributed by atoms with Gasteiger partial charge in [-0.3, -0.25) is 19.0 Å². The Labute approximate surface area is 132 Å². The lowest BCUT2D eigenvalue weighted by Gasteiger charge is -2.11. The van der Waals surface area contributed by atoms with Crippen molar-refractivity contribution in [2.45, 2.75) is 13.5 Å². The van der Waals surface area contributed by atoms with Crippen molar-refractivity contribution in [3.63, 3.8) is 0 Å². The van der Waals surface area contributed by atoms with E-state index in [4.69, 9.17) is 9.84 Å². The second-order valence-corrected chi connectivity index (χ2v) is 4.86. The van der Waals surface area contributed by atoms with Gasteiger partial charge >= 0.3 is 5.97 Å². The predicted octanol–water partition coefficient (Wildman–Crippen LogP) is 1.50. The highest BCUT2D eigenvalue weighted by atomic mass is 16.5. The molecule has 1 heterocycles. The van der Waals surface area contributed by atoms with E-state index in [-0.39, 0.29) is 5.69 Å². The maximum absolute atomic E-state index is 12.3. The van der Waals surface area contributed by atoms with E-state index in [1.165, 1.54) is 13.2 Å². The molecule has 0 atom stereocenters. The van der Waals surface area contributed by atoms with E-state index in [0.29, 0.717) is 17.0 Å². The Morgan fingerprint density at radius 3 is 2.39 bits per heavy atom. The minimum Gasteiger partial charge on any atom is -0.497 e. The molecule has 1 aromatic carbocycles. The standard InChI is InChI=1S/C16H16N2O5/c1-10-3-8-13(16(22)18(10)9-14(19)20)17-15(21)11-4-6-12(23-2)7-5-11/h3-8H,9H2,1-2H3,(H,17,21)(H,19,20). The van der Waals surface area contributed by atoms with Gasteiger partial charge in [0, 0.05) is 11.3 Å². The van der Waals surface area contributed by atoms with Crippen LogP contribution in [0.1, 0.15) is 16.1 Å². The van der Waals surface area contributed by atoms with Gasteiger partial charge in [0.05, 0.1) is 7.11 Å². The fraction of sp³-hybridized carbons (Fsp3) is 0.188. The zero-order valence-electron chi connectivity index (χ0n) is 12.7. The number of carboxylic acid groups (broad SMARTS) is 1. The highest BCUT2D eigenvalue weighted by Gasteiger charge is 2.13. The number of hydrogen-bond acceptors (Lipinski definition) is 4. The SMILES string of the molecule is COc1ccc(C(=O)Nc2ccc(C)n(CC(=O)O)c2=O)cc1. The molecule has 2 N–H and O–H groups in total. The number of aryl methyl sites for hydroxylation is 1. The number of ether oxygens (including phenoxy) is 1. The molecule has 1 aromatic heterocycles. The summed E-state index contributed by atoms with van der Waals surface area (Å²) >= 11 is 0. The van der Waals surface area contributed by atoms with E-state index >= 15 is 0 Å². The van der Waals surface area contributed by atoms with Crippen molar-refractivity contribution in [2.24, 2.45) is 0 Å². The maximum Gasteiger partial charge on any atom is 0.323 e. The number of methoxy groups -OCH3 is 1. The number of aliphatic carboxylic acids is 1. The molecular formula is C16H16N2O5. The molecule has 2 rings (SSSR count). The number of carboxylic acids is 1. The molecule has 1 amide bonds. The fourth-order valence-corrected chi connectivity index (χ4v) is 2.03. The third-order valence-corrected chi connectivity index (χ3v) is 3.29. The van der Waals surface area contributed by atoms with Crippen molar-refractivity contribution in [3.05, 3.63) is 58.0 Å². The van der Waals surface area contributed by atoms with Crippen LogP contribution in [0.25, 0.3) is 0 Å². The van der Waals surface area contributed by atoms with Crippen LogP contribution in [0.4, 0.5) is 5.69 Å². The lowest BCUT2D eigenvalue weighted by Crippen LogP contribution is -2.29. The van der Waals surface area contributed by atoms with Gasteiger partial charge in [-0.25, -0.2) is 0 Å². The van der Waals surface area contributed by atoms with E-state index in [2.05, 4.69) is 5.32 Å². The number of carbonyl (C=O) groups is 2. The normalized spacial score (nSPS) is 10.2. The molecule has 0 fully saturated rings. The fourth-order valence-electron chi connectivity index (χ4n) is 2.03. The molecule has 7 nitrogen and oxygen atoms in total. The first-order valence-corrected chi connectivity index (χ1v) is 6.80. The molecule has 0 aliphatic heterocycles. The molecule has 0 aliphatic rings. The second kappa shape index (κ2) is 6.78. The number of pyridine rings is 1. The molecule has 2 aromatic rings. The summed E-state index contributed by atoms with van der Waals surface area (Å²) in [6.07, 6.45) is 0. The average Bonchev–Trinajstić information content (AvgIpc) is 2.54. The van der Waals surface area contributed by atoms with Gasteiger partial charge in [-0.1, -0.05) is 0 Å². The molecule has 23 heavy (non-hydrogen) atoms. The summed E-state index contributed by atoms with van der Waals surface area (Å²) in [5.74, 6) is -0.981. The van der Waals surface area contributed by atoms with Crippen LogP contribution in [0.5, 0.6) is 5.75 Å². The molecule has 7 heteroatoms. The number of carbonyl (C=O) groups excluding carboxylic acids is 1. The van der Waals surface area contributed by atoms with E-state index in [0.717, 1.165) is 4.57 Å². The number of nitrogens with zero attached hydrogens (tertiary/aromatic N) is 1. The number of hydrogen-bond donors (Lipinski definition) is 2. The summed E-state index contributed by atoms with van der Waals surface area (Å²) in [6, 6.07) is 9.43. The lowest BCUT2D eigenvalue weighted by molar-refractivity contribution is -0.137. The minimum atomic E-state index is -1.13. The molecule has 0 aliphatic carbocycles. The molecule has 0 bridgehead atoms. The van der Waals surface area contributed by atoms with Gasteiger partial charge in [0.1, 0.15) is 18.0 Å². The van der Waals surface area contributed by atoms with Crippen LogP contribution in [0.3, 0.4) is 0 Å². The lowest BCUT2D eigenvalue weighted by atomic mass is 10.2. The van der Waals surface area contributed by atoms with Crippen LogP contribution in [0.15, 0.2) is 41.2 Å². The zero-order chi connectivity index (χ0) is 17.0. The zero-order valence-corrected chi connectivity index (χ0v) is 12.7. The number of nitrogens with one attached hydrogen (secondary N) is 1. The Kier molecular flexibility index (Phi) is 4.80. The first kappa shape index (κ1) is 16.3. The predicted molar refractivity (Wildman–Crippen MR) is 84.0 cm³/mol. The Balaban J connectivity index is 2.27. The highest BCUT2D eigenvalue weighted by molar-refractivity contribution is 6.04. The first-order valence-electron chi connectivity index (χ1n) is 6.80. The van der Waals surface area contributed by atoms with E-state index in [1.807, 2.05) is 0 Å². The quantitative estimate of drug-likeness (QED) is 0.871. The molecular weight excluding hydrogens is 300 g/mol. The van der Waals surface area contributed by atoms with Crippen LogP contribution < -0.4 is 15.6 Å². The number of anilines is 1. The number of benzene rings is 1. The number of aromatic nitrogens is 1. The Hall–Kier alpha value is -3.09. The Morgan fingerprint density at radius 1 is 1.17 bits per heavy atom. The van der Waals surface area contributed by atoms with Gasteiger partial charge in [0.25, 0.3) is 11.5 Å². The van der Waals surface area contributed by atoms with Crippen LogP contribution in [-0.4, -0.2) is 28.7 Å². The minimum absolute atomic E-state index is 0.0256. The summed E-state index contributed by atoms with van der Waals surface area (Å²) in [4.78, 5) is 35.3. The van der Waals surface area contributed by atoms with Crippen molar-refractivity contribution in [1.29, 1.82) is 0 Å². The summed E-state index contributed by atoms with van der Waals surface area (Å²) in [5, 5.41) is 11.4. The summed E-state index contributed by atoms with van der Waals surface area (Å²) in [7, 11) is 1.52. The molecule has 0 spiro atoms. The second-order valence-electron chi connectivity index (χ2n) is 4.86. The third-order valence-electron chi connectivity index (χ3n) is 3.29. The molecule has 0 unspecified atom stereocenters. The number of amides is 1. The van der Waals surface area contributed by atoms with Gasteiger partial charge in [-0.05, 0) is 43.3 Å². The summed E-state index contributed by atoms with van der Waals surface area (Å²) in [6.45, 7) is 1.16. The highest BCUT2D eigenvalue weighted by Crippen LogP contribution is 2.12. The van der Waals surface area contributed by atoms with E-state index in [9.17, 15) is 14.4 Å². The van der Waals surface area contributed by atoms with Crippen molar-refractivity contribution < 1.29 is 19.4 Å². The average molecular weight is 316 g/mol. The first-order chi connectivity index (χ1) is 10.9. The molecule has 120 valence electrons. The van der Waals surface area contributed by atoms with Gasteiger partial charge < -0.3 is 15.2 Å². The smallest absolute Gasteiger partial charge is 0.323 e. The van der Waals surface area contributed by atoms with Crippen LogP contribution in [-0.2, 0) is 11.3 Å². The summed E-state index contributed by atoms with van der Waals surface area (Å²) < 4.78 is 6.10. The Morgan fingerprint density at radius 2 is 1.83 bits per heavy atom. The number of rotatable bonds is 5. The molecule has 0 saturated carbocycles. The monoisotopic (exact) mass is 316 g/mol. The van der Waals surface area contributed by atoms with Gasteiger partial charge in [-0.15, -0.1) is 0 Å². The van der Waals surface area contributed by atoms with Crippen molar-refractivity contribution >= 4 is 17.6 Å². The van der Waals surface area contributed by atoms with Gasteiger partial charge in [0.15, 0.2) is 0 Å². The molecule has 0 radical (unpaired) electrons. The van der Waals surface area contributed by atoms with E-state index < -0.39 is 24.0 Å². The van der Waals surface area contributed by atoms with Crippen LogP contribution in [0, 0.1) is 6.92 Å². The van der Waals surface area contributed by atoms with Crippen LogP contribution >= 0.6 is 0 Å². The summed E-state index contributed by atoms with van der Waals surface area (Å²) in [5.41, 5.74) is 0.322. The van der Waals surface area contributed by atoms with Crippen molar-refractivity contribution in [2.75, 3.05) is 12.4 Å². The van der Waals surface area contributed by atoms with Gasteiger partial charge in [-0.2, -0.15) is 0 Å². The van der Waals surface area contributed by atoms with E-state index in [1.54, 1.807) is 37.3 Å². The molecule has 0 saturated heterocycles. The van der Waals surface area contributed by atoms with Gasteiger partial charge in [0.2, 0.25) is 0 Å². The van der Waals surface area contributed by atoms with Crippen molar-refractivity contribution in [1.82, 2.24) is 4.57 Å². The maximum atomic E-state index is 12.3. The third kappa shape index (κ3) is 3.76. The van der Waals surface area contributed by atoms with Crippen molar-refractivity contribution in [3.8, 4) is 5.75 Å². The topological polar surface area (TPSA) is 97.6 Å². The Bertz CT molecular complexity index is 793.